The van der Waals surface area contributed by atoms with Crippen LogP contribution in [-0.4, -0.2) is 16.6 Å². The zero-order chi connectivity index (χ0) is 19.9. The van der Waals surface area contributed by atoms with Crippen LogP contribution in [0.4, 0.5) is 0 Å². The smallest absolute Gasteiger partial charge is 0.230 e. The van der Waals surface area contributed by atoms with Crippen molar-refractivity contribution in [2.45, 2.75) is 38.5 Å². The Balaban J connectivity index is 1.45. The maximum absolute atomic E-state index is 12.2. The number of nitrogens with zero attached hydrogens (tertiary/aromatic N) is 1. The van der Waals surface area contributed by atoms with Gasteiger partial charge in [-0.25, -0.2) is 4.98 Å². The molecule has 28 heavy (non-hydrogen) atoms. The van der Waals surface area contributed by atoms with Gasteiger partial charge in [0.1, 0.15) is 6.26 Å². The second-order valence-corrected chi connectivity index (χ2v) is 8.10. The number of rotatable bonds is 8. The molecule has 0 saturated heterocycles. The summed E-state index contributed by atoms with van der Waals surface area (Å²) in [4.78, 5) is 16.7. The van der Waals surface area contributed by atoms with E-state index in [0.29, 0.717) is 23.3 Å². The van der Waals surface area contributed by atoms with Crippen LogP contribution in [0.1, 0.15) is 49.6 Å². The molecule has 5 heteroatoms. The molecule has 3 aromatic rings. The van der Waals surface area contributed by atoms with E-state index in [1.807, 2.05) is 37.3 Å². The first-order chi connectivity index (χ1) is 13.5. The summed E-state index contributed by atoms with van der Waals surface area (Å²) in [6, 6.07) is 18.2. The molecule has 0 bridgehead atoms. The molecule has 0 saturated carbocycles. The Morgan fingerprint density at radius 2 is 1.71 bits per heavy atom. The van der Waals surface area contributed by atoms with Crippen molar-refractivity contribution in [3.8, 4) is 11.5 Å². The summed E-state index contributed by atoms with van der Waals surface area (Å²) in [7, 11) is 0. The zero-order valence-corrected chi connectivity index (χ0v) is 17.3. The lowest BCUT2D eigenvalue weighted by molar-refractivity contribution is -0.119. The normalized spacial score (nSPS) is 12.1. The molecular formula is C23H26N2O2S. The predicted molar refractivity (Wildman–Crippen MR) is 115 cm³/mol. The molecule has 1 aromatic heterocycles. The number of carbonyl (C=O) groups is 1. The minimum absolute atomic E-state index is 0.00829. The molecule has 146 valence electrons. The summed E-state index contributed by atoms with van der Waals surface area (Å²) in [6.45, 7) is 6.36. The van der Waals surface area contributed by atoms with E-state index in [0.717, 1.165) is 16.8 Å². The molecule has 0 radical (unpaired) electrons. The predicted octanol–water partition coefficient (Wildman–Crippen LogP) is 5.58. The molecular weight excluding hydrogens is 368 g/mol. The van der Waals surface area contributed by atoms with Crippen molar-refractivity contribution in [3.63, 3.8) is 0 Å². The largest absolute Gasteiger partial charge is 0.444 e. The molecule has 1 unspecified atom stereocenters. The van der Waals surface area contributed by atoms with Gasteiger partial charge >= 0.3 is 0 Å². The highest BCUT2D eigenvalue weighted by molar-refractivity contribution is 7.99. The van der Waals surface area contributed by atoms with E-state index in [4.69, 9.17) is 4.42 Å². The van der Waals surface area contributed by atoms with Crippen molar-refractivity contribution in [2.24, 2.45) is 0 Å². The topological polar surface area (TPSA) is 55.1 Å². The first kappa shape index (κ1) is 20.2. The van der Waals surface area contributed by atoms with Gasteiger partial charge in [0.15, 0.2) is 0 Å². The van der Waals surface area contributed by atoms with Crippen LogP contribution >= 0.6 is 11.8 Å². The number of amides is 1. The van der Waals surface area contributed by atoms with Crippen LogP contribution in [0.15, 0.2) is 65.3 Å². The van der Waals surface area contributed by atoms with Crippen LogP contribution < -0.4 is 5.32 Å². The lowest BCUT2D eigenvalue weighted by Crippen LogP contribution is -2.28. The molecule has 1 N–H and O–H groups in total. The fraction of sp³-hybridized carbons (Fsp3) is 0.304. The molecule has 3 rings (SSSR count). The van der Waals surface area contributed by atoms with E-state index >= 15 is 0 Å². The summed E-state index contributed by atoms with van der Waals surface area (Å²) in [5, 5.41) is 3.06. The third-order valence-electron chi connectivity index (χ3n) is 4.54. The van der Waals surface area contributed by atoms with Crippen molar-refractivity contribution in [1.82, 2.24) is 10.3 Å². The van der Waals surface area contributed by atoms with E-state index < -0.39 is 0 Å². The second-order valence-electron chi connectivity index (χ2n) is 7.11. The van der Waals surface area contributed by atoms with Gasteiger partial charge in [0, 0.05) is 11.3 Å². The number of aromatic nitrogens is 1. The van der Waals surface area contributed by atoms with Crippen LogP contribution in [0, 0.1) is 0 Å². The second kappa shape index (κ2) is 9.60. The van der Waals surface area contributed by atoms with E-state index in [2.05, 4.69) is 48.4 Å². The molecule has 1 heterocycles. The Labute approximate surface area is 170 Å². The van der Waals surface area contributed by atoms with Gasteiger partial charge in [0.25, 0.3) is 0 Å². The quantitative estimate of drug-likeness (QED) is 0.542. The monoisotopic (exact) mass is 394 g/mol. The Kier molecular flexibility index (Phi) is 6.93. The number of benzene rings is 2. The van der Waals surface area contributed by atoms with Crippen molar-refractivity contribution in [2.75, 3.05) is 5.75 Å². The van der Waals surface area contributed by atoms with Crippen LogP contribution in [0.5, 0.6) is 0 Å². The molecule has 0 spiro atoms. The Morgan fingerprint density at radius 1 is 1.04 bits per heavy atom. The number of carbonyl (C=O) groups excluding carboxylic acids is 1. The van der Waals surface area contributed by atoms with Gasteiger partial charge in [0.2, 0.25) is 11.8 Å². The van der Waals surface area contributed by atoms with Crippen LogP contribution in [0.25, 0.3) is 11.5 Å². The Morgan fingerprint density at radius 3 is 2.39 bits per heavy atom. The molecule has 2 aromatic carbocycles. The molecule has 4 nitrogen and oxygen atoms in total. The summed E-state index contributed by atoms with van der Waals surface area (Å²) >= 11 is 1.53. The zero-order valence-electron chi connectivity index (χ0n) is 16.5. The molecule has 1 amide bonds. The van der Waals surface area contributed by atoms with E-state index in [1.54, 1.807) is 6.26 Å². The lowest BCUT2D eigenvalue weighted by atomic mass is 10.00. The highest BCUT2D eigenvalue weighted by atomic mass is 32.2. The summed E-state index contributed by atoms with van der Waals surface area (Å²) in [5.41, 5.74) is 4.22. The third kappa shape index (κ3) is 5.49. The van der Waals surface area contributed by atoms with Crippen LogP contribution in [0.2, 0.25) is 0 Å². The van der Waals surface area contributed by atoms with Crippen LogP contribution in [0.3, 0.4) is 0 Å². The van der Waals surface area contributed by atoms with Crippen molar-refractivity contribution in [3.05, 3.63) is 77.7 Å². The number of nitrogens with one attached hydrogen (secondary N) is 1. The maximum atomic E-state index is 12.2. The van der Waals surface area contributed by atoms with Crippen molar-refractivity contribution in [1.29, 1.82) is 0 Å². The van der Waals surface area contributed by atoms with Gasteiger partial charge in [-0.15, -0.1) is 11.8 Å². The lowest BCUT2D eigenvalue weighted by Gasteiger charge is -2.15. The SMILES string of the molecule is CC(C)c1ccc(C(C)NC(=O)CSCc2coc(-c3ccccc3)n2)cc1. The first-order valence-electron chi connectivity index (χ1n) is 9.49. The highest BCUT2D eigenvalue weighted by Crippen LogP contribution is 2.21. The van der Waals surface area contributed by atoms with Gasteiger partial charge < -0.3 is 9.73 Å². The molecule has 0 aliphatic carbocycles. The molecule has 0 aliphatic rings. The number of hydrogen-bond acceptors (Lipinski definition) is 4. The summed E-state index contributed by atoms with van der Waals surface area (Å²) < 4.78 is 5.53. The van der Waals surface area contributed by atoms with Gasteiger partial charge in [-0.1, -0.05) is 56.3 Å². The Bertz CT molecular complexity index is 888. The van der Waals surface area contributed by atoms with Crippen molar-refractivity contribution < 1.29 is 9.21 Å². The minimum Gasteiger partial charge on any atom is -0.444 e. The number of hydrogen-bond donors (Lipinski definition) is 1. The number of thioether (sulfide) groups is 1. The fourth-order valence-corrected chi connectivity index (χ4v) is 3.58. The molecule has 0 fully saturated rings. The van der Waals surface area contributed by atoms with E-state index in [1.165, 1.54) is 17.3 Å². The maximum Gasteiger partial charge on any atom is 0.230 e. The minimum atomic E-state index is -0.00829. The van der Waals surface area contributed by atoms with Gasteiger partial charge in [-0.2, -0.15) is 0 Å². The Hall–Kier alpha value is -2.53. The van der Waals surface area contributed by atoms with Gasteiger partial charge in [0.05, 0.1) is 17.5 Å². The van der Waals surface area contributed by atoms with Crippen molar-refractivity contribution >= 4 is 17.7 Å². The average Bonchev–Trinajstić information content (AvgIpc) is 3.17. The standard InChI is InChI=1S/C23H26N2O2S/c1-16(2)18-9-11-19(12-10-18)17(3)24-22(26)15-28-14-21-13-27-23(25-21)20-7-5-4-6-8-20/h4-13,16-17H,14-15H2,1-3H3,(H,24,26). The first-order valence-corrected chi connectivity index (χ1v) is 10.6. The average molecular weight is 395 g/mol. The summed E-state index contributed by atoms with van der Waals surface area (Å²) in [6.07, 6.45) is 1.66. The van der Waals surface area contributed by atoms with Gasteiger partial charge in [-0.05, 0) is 36.1 Å². The molecule has 1 atom stereocenters. The van der Waals surface area contributed by atoms with Gasteiger partial charge in [-0.3, -0.25) is 4.79 Å². The molecule has 0 aliphatic heterocycles. The highest BCUT2D eigenvalue weighted by Gasteiger charge is 2.11. The third-order valence-corrected chi connectivity index (χ3v) is 5.50. The van der Waals surface area contributed by atoms with E-state index in [9.17, 15) is 4.79 Å². The fourth-order valence-electron chi connectivity index (χ4n) is 2.87. The number of oxazole rings is 1. The summed E-state index contributed by atoms with van der Waals surface area (Å²) in [5.74, 6) is 2.18. The van der Waals surface area contributed by atoms with Crippen LogP contribution in [-0.2, 0) is 10.5 Å². The van der Waals surface area contributed by atoms with E-state index in [-0.39, 0.29) is 11.9 Å².